The maximum Gasteiger partial charge on any atom is 0.494 e. The molecule has 3 nitrogen and oxygen atoms in total. The molecule has 0 aliphatic carbocycles. The summed E-state index contributed by atoms with van der Waals surface area (Å²) in [6, 6.07) is 10.1. The summed E-state index contributed by atoms with van der Waals surface area (Å²) < 4.78 is 12.3. The molecule has 128 valence electrons. The van der Waals surface area contributed by atoms with Crippen LogP contribution in [0, 0.1) is 0 Å². The molecular formula is C20H28BNO2. The second kappa shape index (κ2) is 5.45. The summed E-state index contributed by atoms with van der Waals surface area (Å²) in [6.07, 6.45) is 6.26. The Hall–Kier alpha value is -1.10. The van der Waals surface area contributed by atoms with Crippen molar-refractivity contribution in [2.45, 2.75) is 70.2 Å². The van der Waals surface area contributed by atoms with Crippen molar-refractivity contribution < 1.29 is 9.31 Å². The van der Waals surface area contributed by atoms with Crippen molar-refractivity contribution in [1.29, 1.82) is 0 Å². The molecule has 2 atom stereocenters. The summed E-state index contributed by atoms with van der Waals surface area (Å²) in [7, 11) is 1.99. The summed E-state index contributed by atoms with van der Waals surface area (Å²) in [5, 5.41) is 0. The van der Waals surface area contributed by atoms with Gasteiger partial charge in [0.2, 0.25) is 0 Å². The number of hydrogen-bond acceptors (Lipinski definition) is 3. The molecule has 4 heteroatoms. The average Bonchev–Trinajstić information content (AvgIpc) is 2.87. The van der Waals surface area contributed by atoms with Crippen molar-refractivity contribution in [2.75, 3.05) is 7.05 Å². The molecule has 3 aliphatic heterocycles. The molecular weight excluding hydrogens is 297 g/mol. The minimum Gasteiger partial charge on any atom is -0.399 e. The van der Waals surface area contributed by atoms with Gasteiger partial charge in [0.25, 0.3) is 0 Å². The van der Waals surface area contributed by atoms with Gasteiger partial charge in [0.1, 0.15) is 0 Å². The zero-order valence-electron chi connectivity index (χ0n) is 15.5. The van der Waals surface area contributed by atoms with Gasteiger partial charge in [-0.3, -0.25) is 4.90 Å². The first-order valence-electron chi connectivity index (χ1n) is 9.15. The molecule has 4 rings (SSSR count). The lowest BCUT2D eigenvalue weighted by Crippen LogP contribution is -2.41. The third-order valence-electron chi connectivity index (χ3n) is 6.55. The monoisotopic (exact) mass is 325 g/mol. The van der Waals surface area contributed by atoms with Crippen molar-refractivity contribution in [3.63, 3.8) is 0 Å². The largest absolute Gasteiger partial charge is 0.494 e. The summed E-state index contributed by atoms with van der Waals surface area (Å²) >= 11 is 0. The first kappa shape index (κ1) is 16.4. The van der Waals surface area contributed by atoms with Crippen LogP contribution in [0.3, 0.4) is 0 Å². The lowest BCUT2D eigenvalue weighted by Gasteiger charge is -2.32. The molecule has 0 N–H and O–H groups in total. The van der Waals surface area contributed by atoms with E-state index in [0.717, 1.165) is 11.5 Å². The molecule has 2 fully saturated rings. The van der Waals surface area contributed by atoms with E-state index in [1.54, 1.807) is 0 Å². The van der Waals surface area contributed by atoms with Crippen molar-refractivity contribution in [2.24, 2.45) is 0 Å². The molecule has 0 aromatic heterocycles. The SMILES string of the molecule is CN1C2C=C(c3ccc(B4OC(C)(C)C(C)(C)O4)cc3)CC1CC2. The van der Waals surface area contributed by atoms with E-state index in [4.69, 9.17) is 9.31 Å². The first-order valence-corrected chi connectivity index (χ1v) is 9.15. The van der Waals surface area contributed by atoms with E-state index in [0.29, 0.717) is 6.04 Å². The lowest BCUT2D eigenvalue weighted by molar-refractivity contribution is 0.00578. The summed E-state index contributed by atoms with van der Waals surface area (Å²) in [5.41, 5.74) is 3.38. The third-order valence-corrected chi connectivity index (χ3v) is 6.55. The predicted molar refractivity (Wildman–Crippen MR) is 99.3 cm³/mol. The molecule has 0 saturated carbocycles. The van der Waals surface area contributed by atoms with Gasteiger partial charge in [-0.25, -0.2) is 0 Å². The van der Waals surface area contributed by atoms with Crippen molar-refractivity contribution in [3.8, 4) is 0 Å². The van der Waals surface area contributed by atoms with E-state index in [1.165, 1.54) is 30.4 Å². The second-order valence-electron chi connectivity index (χ2n) is 8.57. The number of hydrogen-bond donors (Lipinski definition) is 0. The van der Waals surface area contributed by atoms with Gasteiger partial charge in [0.05, 0.1) is 11.2 Å². The average molecular weight is 325 g/mol. The summed E-state index contributed by atoms with van der Waals surface area (Å²) in [4.78, 5) is 2.53. The zero-order chi connectivity index (χ0) is 17.1. The van der Waals surface area contributed by atoms with Gasteiger partial charge < -0.3 is 9.31 Å². The molecule has 1 aromatic carbocycles. The van der Waals surface area contributed by atoms with Crippen molar-refractivity contribution in [1.82, 2.24) is 4.90 Å². The summed E-state index contributed by atoms with van der Waals surface area (Å²) in [6.45, 7) is 8.39. The topological polar surface area (TPSA) is 21.7 Å². The minimum atomic E-state index is -0.286. The van der Waals surface area contributed by atoms with Gasteiger partial charge in [0.15, 0.2) is 0 Å². The second-order valence-corrected chi connectivity index (χ2v) is 8.57. The molecule has 1 aromatic rings. The Morgan fingerprint density at radius 1 is 1.00 bits per heavy atom. The smallest absolute Gasteiger partial charge is 0.399 e. The van der Waals surface area contributed by atoms with E-state index >= 15 is 0 Å². The zero-order valence-corrected chi connectivity index (χ0v) is 15.5. The van der Waals surface area contributed by atoms with E-state index in [-0.39, 0.29) is 18.3 Å². The van der Waals surface area contributed by atoms with Crippen molar-refractivity contribution >= 4 is 18.2 Å². The Kier molecular flexibility index (Phi) is 3.72. The highest BCUT2D eigenvalue weighted by atomic mass is 16.7. The number of fused-ring (bicyclic) bond motifs is 2. The maximum absolute atomic E-state index is 6.15. The van der Waals surface area contributed by atoms with Crippen LogP contribution < -0.4 is 5.46 Å². The van der Waals surface area contributed by atoms with E-state index < -0.39 is 0 Å². The van der Waals surface area contributed by atoms with Gasteiger partial charge in [0, 0.05) is 12.1 Å². The first-order chi connectivity index (χ1) is 11.3. The Morgan fingerprint density at radius 2 is 1.62 bits per heavy atom. The quantitative estimate of drug-likeness (QED) is 0.779. The third kappa shape index (κ3) is 2.56. The molecule has 0 amide bonds. The Labute approximate surface area is 146 Å². The van der Waals surface area contributed by atoms with Gasteiger partial charge in [-0.05, 0) is 70.6 Å². The number of rotatable bonds is 2. The molecule has 24 heavy (non-hydrogen) atoms. The van der Waals surface area contributed by atoms with E-state index in [9.17, 15) is 0 Å². The fourth-order valence-corrected chi connectivity index (χ4v) is 4.09. The molecule has 2 saturated heterocycles. The van der Waals surface area contributed by atoms with Gasteiger partial charge in [-0.1, -0.05) is 30.3 Å². The predicted octanol–water partition coefficient (Wildman–Crippen LogP) is 3.24. The van der Waals surface area contributed by atoms with Crippen LogP contribution in [-0.2, 0) is 9.31 Å². The molecule has 0 radical (unpaired) electrons. The Bertz CT molecular complexity index is 649. The highest BCUT2D eigenvalue weighted by molar-refractivity contribution is 6.62. The molecule has 3 aliphatic rings. The van der Waals surface area contributed by atoms with Crippen LogP contribution in [0.4, 0.5) is 0 Å². The highest BCUT2D eigenvalue weighted by Crippen LogP contribution is 2.38. The van der Waals surface area contributed by atoms with Crippen LogP contribution in [0.15, 0.2) is 30.3 Å². The molecule has 0 spiro atoms. The van der Waals surface area contributed by atoms with Crippen LogP contribution >= 0.6 is 0 Å². The van der Waals surface area contributed by atoms with Crippen LogP contribution in [-0.4, -0.2) is 42.4 Å². The van der Waals surface area contributed by atoms with E-state index in [1.807, 2.05) is 0 Å². The van der Waals surface area contributed by atoms with Crippen molar-refractivity contribution in [3.05, 3.63) is 35.9 Å². The van der Waals surface area contributed by atoms with Gasteiger partial charge in [-0.15, -0.1) is 0 Å². The van der Waals surface area contributed by atoms with Crippen LogP contribution in [0.1, 0.15) is 52.5 Å². The summed E-state index contributed by atoms with van der Waals surface area (Å²) in [5.74, 6) is 0. The highest BCUT2D eigenvalue weighted by Gasteiger charge is 2.51. The van der Waals surface area contributed by atoms with E-state index in [2.05, 4.69) is 70.0 Å². The molecule has 2 unspecified atom stereocenters. The Balaban J connectivity index is 1.53. The fourth-order valence-electron chi connectivity index (χ4n) is 4.09. The standard InChI is InChI=1S/C20H28BNO2/c1-19(2)20(3,4)24-21(23-19)16-8-6-14(7-9-16)15-12-17-10-11-18(13-15)22(17)5/h6-9,12,17-18H,10-11,13H2,1-5H3. The number of likely N-dealkylation sites (N-methyl/N-ethyl adjacent to an activating group) is 1. The molecule has 3 heterocycles. The van der Waals surface area contributed by atoms with Crippen LogP contribution in [0.25, 0.3) is 5.57 Å². The number of benzene rings is 1. The minimum absolute atomic E-state index is 0.272. The Morgan fingerprint density at radius 3 is 2.21 bits per heavy atom. The van der Waals surface area contributed by atoms with Crippen LogP contribution in [0.2, 0.25) is 0 Å². The number of nitrogens with zero attached hydrogens (tertiary/aromatic N) is 1. The van der Waals surface area contributed by atoms with Gasteiger partial charge in [-0.2, -0.15) is 0 Å². The fraction of sp³-hybridized carbons (Fsp3) is 0.600. The lowest BCUT2D eigenvalue weighted by atomic mass is 9.78. The normalized spacial score (nSPS) is 31.4. The maximum atomic E-state index is 6.15. The van der Waals surface area contributed by atoms with Crippen LogP contribution in [0.5, 0.6) is 0 Å². The van der Waals surface area contributed by atoms with Gasteiger partial charge >= 0.3 is 7.12 Å². The molecule has 2 bridgehead atoms.